The Morgan fingerprint density at radius 1 is 1.16 bits per heavy atom. The number of benzene rings is 2. The number of ether oxygens (including phenoxy) is 1. The number of anilines is 3. The Labute approximate surface area is 257 Å². The summed E-state index contributed by atoms with van der Waals surface area (Å²) >= 11 is 0. The van der Waals surface area contributed by atoms with Crippen LogP contribution in [0.2, 0.25) is 0 Å². The first kappa shape index (κ1) is 31.0. The van der Waals surface area contributed by atoms with Gasteiger partial charge in [0.2, 0.25) is 5.12 Å². The van der Waals surface area contributed by atoms with Gasteiger partial charge in [-0.05, 0) is 41.3 Å². The molecule has 0 saturated heterocycles. The normalized spacial score (nSPS) is 15.6. The number of carbonyl (C=O) groups is 1. The van der Waals surface area contributed by atoms with Crippen LogP contribution in [0, 0.1) is 0 Å². The van der Waals surface area contributed by atoms with Gasteiger partial charge >= 0.3 is 0 Å². The molecule has 1 aliphatic heterocycles. The van der Waals surface area contributed by atoms with Gasteiger partial charge in [0, 0.05) is 42.5 Å². The standard InChI is InChI=1S/C32H35N5O6S/c1-19(39)44(42)21-10-12-29(33-17-21)34-26-16-25(35-36(5)31(26)41)22-7-6-8-27(24(22)18-38)37-13-14-43-28-15-20(32(2,3)4)9-11-23(28)30(37)40/h6-12,15-17,30,38,40H,13-14,18H2,1-5H3,(H,33,34). The molecule has 44 heavy (non-hydrogen) atoms. The number of fused-ring (bicyclic) bond motifs is 1. The van der Waals surface area contributed by atoms with Crippen LogP contribution in [-0.4, -0.2) is 47.5 Å². The highest BCUT2D eigenvalue weighted by Gasteiger charge is 2.29. The minimum atomic E-state index is -1.81. The number of hydrogen-bond acceptors (Lipinski definition) is 10. The molecule has 0 amide bonds. The van der Waals surface area contributed by atoms with E-state index in [9.17, 15) is 24.0 Å². The molecule has 2 aromatic carbocycles. The van der Waals surface area contributed by atoms with Crippen molar-refractivity contribution in [3.8, 4) is 17.0 Å². The van der Waals surface area contributed by atoms with E-state index in [2.05, 4.69) is 36.2 Å². The van der Waals surface area contributed by atoms with E-state index in [0.29, 0.717) is 52.8 Å². The summed E-state index contributed by atoms with van der Waals surface area (Å²) in [5.41, 5.74) is 3.50. The molecule has 12 heteroatoms. The lowest BCUT2D eigenvalue weighted by molar-refractivity contribution is -0.109. The van der Waals surface area contributed by atoms with E-state index in [0.717, 1.165) is 5.56 Å². The number of nitrogens with zero attached hydrogens (tertiary/aromatic N) is 4. The molecule has 5 rings (SSSR count). The molecule has 11 nitrogen and oxygen atoms in total. The number of aromatic nitrogens is 3. The molecule has 3 heterocycles. The van der Waals surface area contributed by atoms with Gasteiger partial charge < -0.3 is 25.2 Å². The molecule has 2 atom stereocenters. The highest BCUT2D eigenvalue weighted by atomic mass is 32.2. The minimum Gasteiger partial charge on any atom is -0.491 e. The zero-order valence-corrected chi connectivity index (χ0v) is 26.0. The third-order valence-electron chi connectivity index (χ3n) is 7.47. The number of nitrogens with one attached hydrogen (secondary N) is 1. The van der Waals surface area contributed by atoms with E-state index in [4.69, 9.17) is 4.74 Å². The van der Waals surface area contributed by atoms with E-state index in [1.54, 1.807) is 23.1 Å². The first-order valence-corrected chi connectivity index (χ1v) is 15.2. The Balaban J connectivity index is 1.51. The van der Waals surface area contributed by atoms with Crippen molar-refractivity contribution in [1.82, 2.24) is 14.8 Å². The molecule has 0 bridgehead atoms. The minimum absolute atomic E-state index is 0.0838. The van der Waals surface area contributed by atoms with Gasteiger partial charge in [-0.1, -0.05) is 45.0 Å². The van der Waals surface area contributed by atoms with E-state index in [-0.39, 0.29) is 22.6 Å². The SMILES string of the molecule is CC(=O)S(=O)c1ccc(Nc2cc(-c3cccc(N4CCOc5cc(C(C)(C)C)ccc5C4O)c3CO)nn(C)c2=O)nc1. The van der Waals surface area contributed by atoms with Crippen LogP contribution in [0.3, 0.4) is 0 Å². The topological polar surface area (TPSA) is 147 Å². The zero-order chi connectivity index (χ0) is 31.8. The van der Waals surface area contributed by atoms with Gasteiger partial charge in [0.25, 0.3) is 5.56 Å². The molecule has 2 aromatic heterocycles. The molecular weight excluding hydrogens is 582 g/mol. The largest absolute Gasteiger partial charge is 0.491 e. The summed E-state index contributed by atoms with van der Waals surface area (Å²) < 4.78 is 19.3. The second-order valence-corrected chi connectivity index (χ2v) is 13.1. The zero-order valence-electron chi connectivity index (χ0n) is 25.2. The van der Waals surface area contributed by atoms with Gasteiger partial charge in [-0.3, -0.25) is 9.59 Å². The Hall–Kier alpha value is -4.39. The van der Waals surface area contributed by atoms with Crippen molar-refractivity contribution in [3.63, 3.8) is 0 Å². The number of hydrogen-bond donors (Lipinski definition) is 3. The monoisotopic (exact) mass is 617 g/mol. The second-order valence-electron chi connectivity index (χ2n) is 11.5. The summed E-state index contributed by atoms with van der Waals surface area (Å²) in [6, 6.07) is 15.9. The fourth-order valence-corrected chi connectivity index (χ4v) is 5.76. The molecule has 3 N–H and O–H groups in total. The summed E-state index contributed by atoms with van der Waals surface area (Å²) in [7, 11) is -0.295. The van der Waals surface area contributed by atoms with Crippen LogP contribution in [0.1, 0.15) is 50.6 Å². The third kappa shape index (κ3) is 6.14. The van der Waals surface area contributed by atoms with Gasteiger partial charge in [0.1, 0.15) is 34.7 Å². The number of aliphatic hydroxyl groups excluding tert-OH is 2. The van der Waals surface area contributed by atoms with Crippen molar-refractivity contribution in [2.75, 3.05) is 23.4 Å². The van der Waals surface area contributed by atoms with Crippen molar-refractivity contribution in [2.24, 2.45) is 7.05 Å². The van der Waals surface area contributed by atoms with Gasteiger partial charge in [-0.15, -0.1) is 0 Å². The molecule has 0 saturated carbocycles. The summed E-state index contributed by atoms with van der Waals surface area (Å²) in [5.74, 6) is 0.930. The number of carbonyl (C=O) groups excluding carboxylic acids is 1. The first-order chi connectivity index (χ1) is 20.9. The summed E-state index contributed by atoms with van der Waals surface area (Å²) in [6.07, 6.45) is 0.289. The Kier molecular flexibility index (Phi) is 8.69. The summed E-state index contributed by atoms with van der Waals surface area (Å²) in [5, 5.41) is 29.1. The van der Waals surface area contributed by atoms with Gasteiger partial charge in [0.05, 0.1) is 23.7 Å². The van der Waals surface area contributed by atoms with Crippen molar-refractivity contribution < 1.29 is 24.0 Å². The van der Waals surface area contributed by atoms with Crippen LogP contribution in [-0.2, 0) is 34.7 Å². The predicted octanol–water partition coefficient (Wildman–Crippen LogP) is 3.92. The fraction of sp³-hybridized carbons (Fsp3) is 0.312. The smallest absolute Gasteiger partial charge is 0.290 e. The van der Waals surface area contributed by atoms with Crippen LogP contribution in [0.25, 0.3) is 11.3 Å². The maximum atomic E-state index is 13.0. The molecule has 0 aliphatic carbocycles. The first-order valence-electron chi connectivity index (χ1n) is 14.1. The number of pyridine rings is 1. The second kappa shape index (κ2) is 12.3. The van der Waals surface area contributed by atoms with Crippen LogP contribution in [0.5, 0.6) is 5.75 Å². The summed E-state index contributed by atoms with van der Waals surface area (Å²) in [4.78, 5) is 30.7. The van der Waals surface area contributed by atoms with Crippen LogP contribution < -0.4 is 20.5 Å². The molecular formula is C32H35N5O6S. The molecule has 0 fully saturated rings. The Morgan fingerprint density at radius 3 is 2.59 bits per heavy atom. The van der Waals surface area contributed by atoms with Crippen LogP contribution >= 0.6 is 0 Å². The average molecular weight is 618 g/mol. The van der Waals surface area contributed by atoms with Crippen molar-refractivity contribution in [2.45, 2.75) is 50.8 Å². The number of aliphatic hydroxyl groups is 2. The molecule has 1 aliphatic rings. The third-order valence-corrected chi connectivity index (χ3v) is 8.67. The van der Waals surface area contributed by atoms with Crippen molar-refractivity contribution in [3.05, 3.63) is 87.8 Å². The maximum Gasteiger partial charge on any atom is 0.290 e. The average Bonchev–Trinajstić information content (AvgIpc) is 3.16. The maximum absolute atomic E-state index is 13.0. The molecule has 230 valence electrons. The lowest BCUT2D eigenvalue weighted by Gasteiger charge is -2.30. The van der Waals surface area contributed by atoms with Crippen LogP contribution in [0.15, 0.2) is 70.5 Å². The van der Waals surface area contributed by atoms with Gasteiger partial charge in [-0.2, -0.15) is 5.10 Å². The van der Waals surface area contributed by atoms with E-state index in [1.165, 1.54) is 37.0 Å². The highest BCUT2D eigenvalue weighted by Crippen LogP contribution is 2.39. The number of rotatable bonds is 6. The van der Waals surface area contributed by atoms with E-state index < -0.39 is 27.7 Å². The van der Waals surface area contributed by atoms with Crippen molar-refractivity contribution >= 4 is 33.1 Å². The molecule has 0 radical (unpaired) electrons. The lowest BCUT2D eigenvalue weighted by atomic mass is 9.86. The van der Waals surface area contributed by atoms with E-state index >= 15 is 0 Å². The quantitative estimate of drug-likeness (QED) is 0.291. The van der Waals surface area contributed by atoms with Gasteiger partial charge in [-0.25, -0.2) is 13.9 Å². The van der Waals surface area contributed by atoms with Crippen LogP contribution in [0.4, 0.5) is 17.2 Å². The molecule has 4 aromatic rings. The van der Waals surface area contributed by atoms with Crippen molar-refractivity contribution in [1.29, 1.82) is 0 Å². The fourth-order valence-electron chi connectivity index (χ4n) is 5.08. The van der Waals surface area contributed by atoms with Gasteiger partial charge in [0.15, 0.2) is 6.23 Å². The highest BCUT2D eigenvalue weighted by molar-refractivity contribution is 8.00. The Morgan fingerprint density at radius 2 is 1.93 bits per heavy atom. The lowest BCUT2D eigenvalue weighted by Crippen LogP contribution is -2.31. The molecule has 2 unspecified atom stereocenters. The molecule has 0 spiro atoms. The Bertz CT molecular complexity index is 1800. The predicted molar refractivity (Wildman–Crippen MR) is 168 cm³/mol. The number of aryl methyl sites for hydroxylation is 1. The summed E-state index contributed by atoms with van der Waals surface area (Å²) in [6.45, 7) is 7.93. The van der Waals surface area contributed by atoms with E-state index in [1.807, 2.05) is 24.3 Å².